The van der Waals surface area contributed by atoms with Crippen LogP contribution in [0.5, 0.6) is 0 Å². The molecule has 1 fully saturated rings. The third-order valence-electron chi connectivity index (χ3n) is 4.83. The maximum absolute atomic E-state index is 14.0. The minimum atomic E-state index is -0.664. The van der Waals surface area contributed by atoms with Crippen molar-refractivity contribution in [2.75, 3.05) is 5.32 Å². The quantitative estimate of drug-likeness (QED) is 0.558. The van der Waals surface area contributed by atoms with Crippen LogP contribution in [-0.4, -0.2) is 22.0 Å². The number of hydrogen-bond acceptors (Lipinski definition) is 2. The average molecular weight is 384 g/mol. The fourth-order valence-electron chi connectivity index (χ4n) is 3.72. The fourth-order valence-corrected chi connectivity index (χ4v) is 4.04. The second kappa shape index (κ2) is 6.11. The number of amides is 2. The number of carbonyl (C=O) groups excluding carboxylic acids is 1. The molecule has 1 N–H and O–H groups in total. The van der Waals surface area contributed by atoms with Crippen molar-refractivity contribution in [2.24, 2.45) is 0 Å². The van der Waals surface area contributed by atoms with Gasteiger partial charge in [0, 0.05) is 17.8 Å². The molecular weight excluding hydrogens is 371 g/mol. The standard InChI is InChI=1S/C17H13Cl2F2N3O/c18-11-6-13(20)14(7-12(11)19)23-17(25)24-8-1-2-15(24)9-3-4-22-16(21)10(9)5-8/h3-4,6-8,15H,1-2,5H2,(H,23,25). The molecule has 2 bridgehead atoms. The molecule has 2 atom stereocenters. The molecule has 2 amide bonds. The number of halogens is 4. The Morgan fingerprint density at radius 3 is 2.80 bits per heavy atom. The van der Waals surface area contributed by atoms with Gasteiger partial charge in [-0.2, -0.15) is 4.39 Å². The zero-order valence-corrected chi connectivity index (χ0v) is 14.4. The number of aromatic nitrogens is 1. The lowest BCUT2D eigenvalue weighted by Gasteiger charge is -2.36. The highest BCUT2D eigenvalue weighted by Gasteiger charge is 2.43. The van der Waals surface area contributed by atoms with Gasteiger partial charge in [0.15, 0.2) is 0 Å². The Morgan fingerprint density at radius 1 is 1.24 bits per heavy atom. The van der Waals surface area contributed by atoms with Crippen LogP contribution in [0.4, 0.5) is 19.3 Å². The Balaban J connectivity index is 1.63. The highest BCUT2D eigenvalue weighted by atomic mass is 35.5. The topological polar surface area (TPSA) is 45.2 Å². The summed E-state index contributed by atoms with van der Waals surface area (Å²) < 4.78 is 28.0. The first-order chi connectivity index (χ1) is 12.0. The second-order valence-electron chi connectivity index (χ2n) is 6.20. The summed E-state index contributed by atoms with van der Waals surface area (Å²) in [6.07, 6.45) is 3.30. The third kappa shape index (κ3) is 2.73. The van der Waals surface area contributed by atoms with Gasteiger partial charge in [-0.05, 0) is 43.0 Å². The molecule has 1 aromatic carbocycles. The maximum atomic E-state index is 14.0. The normalized spacial score (nSPS) is 21.2. The van der Waals surface area contributed by atoms with E-state index in [1.165, 1.54) is 12.3 Å². The van der Waals surface area contributed by atoms with Gasteiger partial charge in [-0.15, -0.1) is 0 Å². The van der Waals surface area contributed by atoms with Gasteiger partial charge in [0.2, 0.25) is 5.95 Å². The molecular formula is C17H13Cl2F2N3O. The van der Waals surface area contributed by atoms with E-state index in [1.54, 1.807) is 11.0 Å². The Kier molecular flexibility index (Phi) is 4.04. The molecule has 25 heavy (non-hydrogen) atoms. The number of rotatable bonds is 1. The highest BCUT2D eigenvalue weighted by Crippen LogP contribution is 2.44. The minimum absolute atomic E-state index is 0.0366. The third-order valence-corrected chi connectivity index (χ3v) is 5.55. The van der Waals surface area contributed by atoms with Gasteiger partial charge in [0.1, 0.15) is 5.82 Å². The van der Waals surface area contributed by atoms with Crippen LogP contribution < -0.4 is 5.32 Å². The number of fused-ring (bicyclic) bond motifs is 4. The Bertz CT molecular complexity index is 877. The van der Waals surface area contributed by atoms with Crippen LogP contribution in [-0.2, 0) is 6.42 Å². The molecule has 130 valence electrons. The van der Waals surface area contributed by atoms with E-state index in [9.17, 15) is 13.6 Å². The van der Waals surface area contributed by atoms with Gasteiger partial charge in [0.05, 0.1) is 21.8 Å². The number of anilines is 1. The second-order valence-corrected chi connectivity index (χ2v) is 7.02. The Labute approximate surface area is 152 Å². The molecule has 8 heteroatoms. The van der Waals surface area contributed by atoms with Crippen LogP contribution in [0.1, 0.15) is 30.0 Å². The number of hydrogen-bond donors (Lipinski definition) is 1. The molecule has 3 heterocycles. The van der Waals surface area contributed by atoms with E-state index in [1.807, 2.05) is 0 Å². The van der Waals surface area contributed by atoms with E-state index >= 15 is 0 Å². The summed E-state index contributed by atoms with van der Waals surface area (Å²) in [6.45, 7) is 0. The van der Waals surface area contributed by atoms with Gasteiger partial charge in [-0.25, -0.2) is 14.2 Å². The van der Waals surface area contributed by atoms with E-state index in [0.29, 0.717) is 12.0 Å². The summed E-state index contributed by atoms with van der Waals surface area (Å²) in [5.74, 6) is -1.15. The predicted octanol–water partition coefficient (Wildman–Crippen LogP) is 4.96. The van der Waals surface area contributed by atoms with E-state index in [4.69, 9.17) is 23.2 Å². The van der Waals surface area contributed by atoms with Crippen LogP contribution in [0.15, 0.2) is 24.4 Å². The molecule has 2 unspecified atom stereocenters. The highest BCUT2D eigenvalue weighted by molar-refractivity contribution is 6.42. The molecule has 0 radical (unpaired) electrons. The van der Waals surface area contributed by atoms with E-state index in [0.717, 1.165) is 24.5 Å². The first kappa shape index (κ1) is 16.5. The number of nitrogens with zero attached hydrogens (tertiary/aromatic N) is 2. The molecule has 4 nitrogen and oxygen atoms in total. The maximum Gasteiger partial charge on any atom is 0.322 e. The lowest BCUT2D eigenvalue weighted by molar-refractivity contribution is 0.178. The first-order valence-corrected chi connectivity index (χ1v) is 8.58. The summed E-state index contributed by atoms with van der Waals surface area (Å²) in [6, 6.07) is 3.26. The molecule has 4 rings (SSSR count). The fraction of sp³-hybridized carbons (Fsp3) is 0.294. The van der Waals surface area contributed by atoms with E-state index in [2.05, 4.69) is 10.3 Å². The molecule has 2 aliphatic rings. The summed E-state index contributed by atoms with van der Waals surface area (Å²) >= 11 is 11.7. The molecule has 0 spiro atoms. The number of pyridine rings is 1. The summed E-state index contributed by atoms with van der Waals surface area (Å²) in [7, 11) is 0. The van der Waals surface area contributed by atoms with Crippen molar-refractivity contribution < 1.29 is 13.6 Å². The van der Waals surface area contributed by atoms with Crippen molar-refractivity contribution in [1.29, 1.82) is 0 Å². The van der Waals surface area contributed by atoms with Crippen molar-refractivity contribution in [3.05, 3.63) is 57.3 Å². The number of urea groups is 1. The van der Waals surface area contributed by atoms with Crippen molar-refractivity contribution in [3.8, 4) is 0 Å². The molecule has 1 saturated heterocycles. The smallest absolute Gasteiger partial charge is 0.314 e. The zero-order valence-electron chi connectivity index (χ0n) is 12.9. The number of benzene rings is 1. The van der Waals surface area contributed by atoms with Gasteiger partial charge >= 0.3 is 6.03 Å². The van der Waals surface area contributed by atoms with Crippen molar-refractivity contribution >= 4 is 34.9 Å². The van der Waals surface area contributed by atoms with Gasteiger partial charge in [-0.3, -0.25) is 0 Å². The van der Waals surface area contributed by atoms with Crippen LogP contribution in [0.2, 0.25) is 10.0 Å². The van der Waals surface area contributed by atoms with Crippen LogP contribution in [0.25, 0.3) is 0 Å². The van der Waals surface area contributed by atoms with Gasteiger partial charge in [0.25, 0.3) is 0 Å². The molecule has 2 aromatic rings. The first-order valence-electron chi connectivity index (χ1n) is 7.83. The summed E-state index contributed by atoms with van der Waals surface area (Å²) in [5, 5.41) is 2.78. The van der Waals surface area contributed by atoms with Crippen molar-refractivity contribution in [3.63, 3.8) is 0 Å². The van der Waals surface area contributed by atoms with Gasteiger partial charge < -0.3 is 10.2 Å². The molecule has 1 aromatic heterocycles. The number of nitrogens with one attached hydrogen (secondary N) is 1. The average Bonchev–Trinajstić information content (AvgIpc) is 2.89. The predicted molar refractivity (Wildman–Crippen MR) is 90.9 cm³/mol. The van der Waals surface area contributed by atoms with Crippen LogP contribution in [0, 0.1) is 11.8 Å². The molecule has 0 aliphatic carbocycles. The van der Waals surface area contributed by atoms with E-state index < -0.39 is 17.8 Å². The minimum Gasteiger partial charge on any atom is -0.314 e. The monoisotopic (exact) mass is 383 g/mol. The Morgan fingerprint density at radius 2 is 2.00 bits per heavy atom. The summed E-state index contributed by atoms with van der Waals surface area (Å²) in [4.78, 5) is 18.1. The lowest BCUT2D eigenvalue weighted by atomic mass is 9.95. The largest absolute Gasteiger partial charge is 0.322 e. The van der Waals surface area contributed by atoms with Crippen molar-refractivity contribution in [1.82, 2.24) is 9.88 Å². The van der Waals surface area contributed by atoms with Crippen LogP contribution in [0.3, 0.4) is 0 Å². The zero-order chi connectivity index (χ0) is 17.7. The van der Waals surface area contributed by atoms with Crippen molar-refractivity contribution in [2.45, 2.75) is 31.3 Å². The van der Waals surface area contributed by atoms with Gasteiger partial charge in [-0.1, -0.05) is 23.2 Å². The lowest BCUT2D eigenvalue weighted by Crippen LogP contribution is -2.44. The summed E-state index contributed by atoms with van der Waals surface area (Å²) in [5.41, 5.74) is 1.30. The molecule has 2 aliphatic heterocycles. The van der Waals surface area contributed by atoms with Crippen LogP contribution >= 0.6 is 23.2 Å². The molecule has 0 saturated carbocycles. The Hall–Kier alpha value is -1.92. The number of carbonyl (C=O) groups is 1. The SMILES string of the molecule is O=C(Nc1cc(Cl)c(Cl)cc1F)N1C2CCC1c1ccnc(F)c1C2. The van der Waals surface area contributed by atoms with E-state index in [-0.39, 0.29) is 27.8 Å².